The first kappa shape index (κ1) is 12.7. The van der Waals surface area contributed by atoms with Crippen LogP contribution in [0.3, 0.4) is 0 Å². The number of hydrogen-bond acceptors (Lipinski definition) is 2. The van der Waals surface area contributed by atoms with E-state index in [1.54, 1.807) is 12.5 Å². The molecule has 1 aromatic heterocycles. The van der Waals surface area contributed by atoms with E-state index in [4.69, 9.17) is 4.42 Å². The summed E-state index contributed by atoms with van der Waals surface area (Å²) in [6.45, 7) is 9.03. The second-order valence-corrected chi connectivity index (χ2v) is 7.39. The maximum atomic E-state index is 10.9. The maximum Gasteiger partial charge on any atom is 0.0935 e. The highest BCUT2D eigenvalue weighted by molar-refractivity contribution is 5.12. The fourth-order valence-corrected chi connectivity index (χ4v) is 4.16. The summed E-state index contributed by atoms with van der Waals surface area (Å²) < 4.78 is 5.09. The third-order valence-electron chi connectivity index (χ3n) is 3.69. The Hall–Kier alpha value is -0.760. The Kier molecular flexibility index (Phi) is 2.89. The minimum Gasteiger partial charge on any atom is -0.472 e. The molecule has 0 spiro atoms. The normalized spacial score (nSPS) is 25.7. The van der Waals surface area contributed by atoms with Crippen molar-refractivity contribution < 1.29 is 9.52 Å². The number of hydrogen-bond donors (Lipinski definition) is 1. The van der Waals surface area contributed by atoms with Gasteiger partial charge in [-0.1, -0.05) is 27.7 Å². The van der Waals surface area contributed by atoms with E-state index in [1.807, 2.05) is 6.07 Å². The van der Waals surface area contributed by atoms with E-state index in [0.29, 0.717) is 6.42 Å². The molecule has 0 unspecified atom stereocenters. The summed E-state index contributed by atoms with van der Waals surface area (Å²) in [5.74, 6) is 0. The molecule has 1 saturated carbocycles. The largest absolute Gasteiger partial charge is 0.472 e. The quantitative estimate of drug-likeness (QED) is 0.847. The van der Waals surface area contributed by atoms with Crippen LogP contribution in [0.2, 0.25) is 0 Å². The molecule has 96 valence electrons. The fourth-order valence-electron chi connectivity index (χ4n) is 4.16. The van der Waals surface area contributed by atoms with Crippen LogP contribution in [-0.2, 0) is 6.42 Å². The Morgan fingerprint density at radius 1 is 1.12 bits per heavy atom. The van der Waals surface area contributed by atoms with Gasteiger partial charge in [-0.15, -0.1) is 0 Å². The Morgan fingerprint density at radius 2 is 1.71 bits per heavy atom. The Labute approximate surface area is 104 Å². The van der Waals surface area contributed by atoms with Crippen LogP contribution in [0.1, 0.15) is 52.5 Å². The van der Waals surface area contributed by atoms with Crippen molar-refractivity contribution in [3.63, 3.8) is 0 Å². The zero-order valence-corrected chi connectivity index (χ0v) is 11.4. The van der Waals surface area contributed by atoms with Crippen molar-refractivity contribution in [2.75, 3.05) is 0 Å². The van der Waals surface area contributed by atoms with E-state index in [-0.39, 0.29) is 10.8 Å². The highest BCUT2D eigenvalue weighted by Crippen LogP contribution is 2.50. The molecule has 1 aromatic rings. The van der Waals surface area contributed by atoms with Crippen molar-refractivity contribution >= 4 is 0 Å². The molecule has 1 fully saturated rings. The molecule has 1 N–H and O–H groups in total. The van der Waals surface area contributed by atoms with Crippen molar-refractivity contribution in [2.24, 2.45) is 10.8 Å². The lowest BCUT2D eigenvalue weighted by atomic mass is 9.58. The van der Waals surface area contributed by atoms with Crippen LogP contribution in [0.15, 0.2) is 23.0 Å². The van der Waals surface area contributed by atoms with Crippen LogP contribution in [0.4, 0.5) is 0 Å². The first-order chi connectivity index (χ1) is 7.70. The molecule has 2 nitrogen and oxygen atoms in total. The van der Waals surface area contributed by atoms with Crippen molar-refractivity contribution in [2.45, 2.75) is 59.0 Å². The first-order valence-corrected chi connectivity index (χ1v) is 6.43. The third kappa shape index (κ3) is 3.12. The van der Waals surface area contributed by atoms with Crippen LogP contribution in [0, 0.1) is 10.8 Å². The molecule has 0 aromatic carbocycles. The summed E-state index contributed by atoms with van der Waals surface area (Å²) in [6.07, 6.45) is 7.04. The standard InChI is InChI=1S/C15H24O2/c1-13(2)9-14(3,4)11-15(16,10-13)7-12-5-6-17-8-12/h5-6,8,16H,7,9-11H2,1-4H3. The van der Waals surface area contributed by atoms with Crippen LogP contribution in [0.5, 0.6) is 0 Å². The Balaban J connectivity index is 2.18. The van der Waals surface area contributed by atoms with Crippen molar-refractivity contribution in [1.82, 2.24) is 0 Å². The molecule has 0 bridgehead atoms. The van der Waals surface area contributed by atoms with Gasteiger partial charge in [-0.3, -0.25) is 0 Å². The van der Waals surface area contributed by atoms with Gasteiger partial charge in [0.05, 0.1) is 18.1 Å². The van der Waals surface area contributed by atoms with Crippen molar-refractivity contribution in [3.8, 4) is 0 Å². The van der Waals surface area contributed by atoms with Crippen molar-refractivity contribution in [3.05, 3.63) is 24.2 Å². The molecule has 1 aliphatic carbocycles. The molecule has 1 aliphatic rings. The van der Waals surface area contributed by atoms with Crippen LogP contribution >= 0.6 is 0 Å². The maximum absolute atomic E-state index is 10.9. The van der Waals surface area contributed by atoms with Gasteiger partial charge in [-0.2, -0.15) is 0 Å². The number of furan rings is 1. The van der Waals surface area contributed by atoms with E-state index in [2.05, 4.69) is 27.7 Å². The minimum absolute atomic E-state index is 0.209. The molecule has 2 rings (SSSR count). The summed E-state index contributed by atoms with van der Waals surface area (Å²) >= 11 is 0. The second kappa shape index (κ2) is 3.88. The number of rotatable bonds is 2. The zero-order valence-electron chi connectivity index (χ0n) is 11.4. The average Bonchev–Trinajstić information content (AvgIpc) is 2.47. The summed E-state index contributed by atoms with van der Waals surface area (Å²) in [4.78, 5) is 0. The van der Waals surface area contributed by atoms with Gasteiger partial charge in [-0.25, -0.2) is 0 Å². The highest BCUT2D eigenvalue weighted by Gasteiger charge is 2.46. The Bertz CT molecular complexity index is 358. The minimum atomic E-state index is -0.588. The Morgan fingerprint density at radius 3 is 2.18 bits per heavy atom. The molecule has 0 atom stereocenters. The lowest BCUT2D eigenvalue weighted by molar-refractivity contribution is -0.0851. The van der Waals surface area contributed by atoms with Gasteiger partial charge >= 0.3 is 0 Å². The molecular formula is C15H24O2. The molecule has 2 heteroatoms. The van der Waals surface area contributed by atoms with Gasteiger partial charge < -0.3 is 9.52 Å². The SMILES string of the molecule is CC1(C)CC(C)(C)CC(O)(Cc2ccoc2)C1. The molecule has 1 heterocycles. The summed E-state index contributed by atoms with van der Waals surface area (Å²) in [5.41, 5.74) is 0.927. The fraction of sp³-hybridized carbons (Fsp3) is 0.733. The lowest BCUT2D eigenvalue weighted by Crippen LogP contribution is -2.47. The summed E-state index contributed by atoms with van der Waals surface area (Å²) in [6, 6.07) is 1.95. The molecule has 17 heavy (non-hydrogen) atoms. The third-order valence-corrected chi connectivity index (χ3v) is 3.69. The van der Waals surface area contributed by atoms with Gasteiger partial charge in [0.2, 0.25) is 0 Å². The number of aliphatic hydroxyl groups is 1. The average molecular weight is 236 g/mol. The molecule has 0 amide bonds. The van der Waals surface area contributed by atoms with Crippen molar-refractivity contribution in [1.29, 1.82) is 0 Å². The van der Waals surface area contributed by atoms with E-state index >= 15 is 0 Å². The van der Waals surface area contributed by atoms with Crippen LogP contribution in [-0.4, -0.2) is 10.7 Å². The molecule has 0 aliphatic heterocycles. The molecule has 0 saturated heterocycles. The van der Waals surface area contributed by atoms with Crippen LogP contribution in [0.25, 0.3) is 0 Å². The molecular weight excluding hydrogens is 212 g/mol. The first-order valence-electron chi connectivity index (χ1n) is 6.43. The van der Waals surface area contributed by atoms with Gasteiger partial charge in [0.25, 0.3) is 0 Å². The predicted octanol–water partition coefficient (Wildman–Crippen LogP) is 3.79. The topological polar surface area (TPSA) is 33.4 Å². The highest BCUT2D eigenvalue weighted by atomic mass is 16.3. The van der Waals surface area contributed by atoms with Gasteiger partial charge in [0, 0.05) is 6.42 Å². The molecule has 0 radical (unpaired) electrons. The smallest absolute Gasteiger partial charge is 0.0935 e. The summed E-state index contributed by atoms with van der Waals surface area (Å²) in [7, 11) is 0. The van der Waals surface area contributed by atoms with E-state index in [1.165, 1.54) is 6.42 Å². The predicted molar refractivity (Wildman–Crippen MR) is 68.8 cm³/mol. The summed E-state index contributed by atoms with van der Waals surface area (Å²) in [5, 5.41) is 10.9. The second-order valence-electron chi connectivity index (χ2n) is 7.39. The van der Waals surface area contributed by atoms with E-state index in [9.17, 15) is 5.11 Å². The van der Waals surface area contributed by atoms with Gasteiger partial charge in [0.15, 0.2) is 0 Å². The lowest BCUT2D eigenvalue weighted by Gasteiger charge is -2.49. The van der Waals surface area contributed by atoms with E-state index < -0.39 is 5.60 Å². The van der Waals surface area contributed by atoms with Gasteiger partial charge in [0.1, 0.15) is 0 Å². The zero-order chi connectivity index (χ0) is 12.7. The van der Waals surface area contributed by atoms with E-state index in [0.717, 1.165) is 18.4 Å². The monoisotopic (exact) mass is 236 g/mol. The van der Waals surface area contributed by atoms with Gasteiger partial charge in [-0.05, 0) is 41.7 Å². The van der Waals surface area contributed by atoms with Crippen LogP contribution < -0.4 is 0 Å².